The number of fused-ring (bicyclic) bond motifs is 1. The van der Waals surface area contributed by atoms with E-state index < -0.39 is 5.60 Å². The second-order valence-electron chi connectivity index (χ2n) is 11.8. The van der Waals surface area contributed by atoms with Gasteiger partial charge in [0.15, 0.2) is 5.13 Å². The summed E-state index contributed by atoms with van der Waals surface area (Å²) in [5.74, 6) is 0.0713. The van der Waals surface area contributed by atoms with E-state index in [4.69, 9.17) is 19.2 Å². The van der Waals surface area contributed by atoms with Gasteiger partial charge in [-0.15, -0.1) is 11.3 Å². The Labute approximate surface area is 246 Å². The third-order valence-corrected chi connectivity index (χ3v) is 8.40. The van der Waals surface area contributed by atoms with Crippen molar-refractivity contribution in [3.63, 3.8) is 0 Å². The molecule has 1 aromatic heterocycles. The van der Waals surface area contributed by atoms with Gasteiger partial charge in [0.1, 0.15) is 23.8 Å². The molecule has 3 aromatic rings. The molecule has 1 N–H and O–H groups in total. The number of carbonyl (C=O) groups is 1. The van der Waals surface area contributed by atoms with Crippen LogP contribution in [0.1, 0.15) is 56.4 Å². The molecule has 5 rings (SSSR count). The van der Waals surface area contributed by atoms with Gasteiger partial charge < -0.3 is 24.4 Å². The van der Waals surface area contributed by atoms with Crippen molar-refractivity contribution in [2.75, 3.05) is 31.1 Å². The van der Waals surface area contributed by atoms with Gasteiger partial charge in [-0.3, -0.25) is 4.79 Å². The summed E-state index contributed by atoms with van der Waals surface area (Å²) in [7, 11) is 0. The van der Waals surface area contributed by atoms with Crippen molar-refractivity contribution < 1.29 is 23.4 Å². The number of piperidine rings is 1. The van der Waals surface area contributed by atoms with E-state index in [1.165, 1.54) is 0 Å². The summed E-state index contributed by atoms with van der Waals surface area (Å²) in [6, 6.07) is 9.67. The van der Waals surface area contributed by atoms with Crippen LogP contribution >= 0.6 is 11.3 Å². The van der Waals surface area contributed by atoms with Gasteiger partial charge in [0.05, 0.1) is 17.7 Å². The van der Waals surface area contributed by atoms with Crippen LogP contribution in [0.25, 0.3) is 11.3 Å². The fraction of sp³-hybridized carbons (Fsp3) is 0.500. The molecule has 0 unspecified atom stereocenters. The molecule has 0 saturated carbocycles. The highest BCUT2D eigenvalue weighted by Crippen LogP contribution is 2.37. The van der Waals surface area contributed by atoms with E-state index in [2.05, 4.69) is 16.3 Å². The van der Waals surface area contributed by atoms with Crippen molar-refractivity contribution in [2.45, 2.75) is 72.3 Å². The van der Waals surface area contributed by atoms with Crippen LogP contribution in [0.4, 0.5) is 9.52 Å². The molecule has 41 heavy (non-hydrogen) atoms. The maximum absolute atomic E-state index is 14.7. The molecular weight excluding hydrogens is 541 g/mol. The van der Waals surface area contributed by atoms with Crippen LogP contribution in [0.5, 0.6) is 5.75 Å². The summed E-state index contributed by atoms with van der Waals surface area (Å²) in [5.41, 5.74) is 4.83. The number of carbonyl (C=O) groups excluding carboxylic acids is 1. The lowest BCUT2D eigenvalue weighted by Crippen LogP contribution is -2.49. The van der Waals surface area contributed by atoms with Crippen LogP contribution in [-0.4, -0.2) is 48.9 Å². The zero-order chi connectivity index (χ0) is 29.1. The highest BCUT2D eigenvalue weighted by molar-refractivity contribution is 7.14. The Hall–Kier alpha value is -3.01. The normalized spacial score (nSPS) is 19.1. The summed E-state index contributed by atoms with van der Waals surface area (Å²) in [6.45, 7) is 13.1. The lowest BCUT2D eigenvalue weighted by atomic mass is 9.93. The van der Waals surface area contributed by atoms with Crippen molar-refractivity contribution >= 4 is 22.4 Å². The molecule has 0 aliphatic carbocycles. The predicted molar refractivity (Wildman–Crippen MR) is 160 cm³/mol. The second kappa shape index (κ2) is 12.5. The summed E-state index contributed by atoms with van der Waals surface area (Å²) in [6.07, 6.45) is 1.19. The topological polar surface area (TPSA) is 72.9 Å². The van der Waals surface area contributed by atoms with Gasteiger partial charge in [-0.1, -0.05) is 18.2 Å². The average molecular weight is 582 g/mol. The van der Waals surface area contributed by atoms with Crippen molar-refractivity contribution in [1.29, 1.82) is 0 Å². The number of para-hydroxylation sites is 1. The average Bonchev–Trinajstić information content (AvgIpc) is 3.42. The SMILES string of the molecule is CCO[C@@H]1CN(c2nc(-c3cccc(C)c3OCc3cc(F)c4c(c3)CCNC4)cs2)CC[C@@H]1C(=O)OC(C)(C)C. The van der Waals surface area contributed by atoms with Gasteiger partial charge >= 0.3 is 5.97 Å². The molecule has 2 atom stereocenters. The number of rotatable bonds is 8. The first-order valence-corrected chi connectivity index (χ1v) is 15.3. The van der Waals surface area contributed by atoms with Crippen LogP contribution in [-0.2, 0) is 33.8 Å². The largest absolute Gasteiger partial charge is 0.488 e. The van der Waals surface area contributed by atoms with E-state index in [9.17, 15) is 9.18 Å². The van der Waals surface area contributed by atoms with Crippen LogP contribution in [0.15, 0.2) is 35.7 Å². The Morgan fingerprint density at radius 1 is 1.27 bits per heavy atom. The standard InChI is InChI=1S/C32H40FN3O4S/c1-6-38-28-17-36(13-11-24(28)30(37)40-32(3,4)5)31-35-27(19-41-31)23-9-7-8-20(2)29(23)39-18-21-14-22-10-12-34-16-25(22)26(33)15-21/h7-9,14-15,19,24,28,34H,6,10-13,16-18H2,1-5H3/t24-,28+/m0/s1. The minimum absolute atomic E-state index is 0.178. The maximum atomic E-state index is 14.7. The van der Waals surface area contributed by atoms with Gasteiger partial charge in [0, 0.05) is 42.7 Å². The number of ether oxygens (including phenoxy) is 3. The molecule has 1 fully saturated rings. The Kier molecular flexibility index (Phi) is 8.97. The summed E-state index contributed by atoms with van der Waals surface area (Å²) >= 11 is 1.57. The highest BCUT2D eigenvalue weighted by Gasteiger charge is 2.38. The smallest absolute Gasteiger partial charge is 0.312 e. The lowest BCUT2D eigenvalue weighted by molar-refractivity contribution is -0.166. The first-order valence-electron chi connectivity index (χ1n) is 14.4. The number of hydrogen-bond donors (Lipinski definition) is 1. The molecule has 220 valence electrons. The van der Waals surface area contributed by atoms with Crippen molar-refractivity contribution in [3.8, 4) is 17.0 Å². The molecule has 7 nitrogen and oxygen atoms in total. The number of aryl methyl sites for hydroxylation is 1. The maximum Gasteiger partial charge on any atom is 0.312 e. The van der Waals surface area contributed by atoms with E-state index in [1.54, 1.807) is 17.4 Å². The molecule has 0 spiro atoms. The monoisotopic (exact) mass is 581 g/mol. The Morgan fingerprint density at radius 3 is 2.88 bits per heavy atom. The van der Waals surface area contributed by atoms with E-state index in [1.807, 2.05) is 58.2 Å². The molecule has 9 heteroatoms. The van der Waals surface area contributed by atoms with Crippen LogP contribution in [0, 0.1) is 18.7 Å². The van der Waals surface area contributed by atoms with Gasteiger partial charge in [0.25, 0.3) is 0 Å². The Morgan fingerprint density at radius 2 is 2.10 bits per heavy atom. The summed E-state index contributed by atoms with van der Waals surface area (Å²) < 4.78 is 32.8. The van der Waals surface area contributed by atoms with Gasteiger partial charge in [-0.05, 0) is 82.8 Å². The molecule has 0 bridgehead atoms. The van der Waals surface area contributed by atoms with E-state index in [0.29, 0.717) is 32.7 Å². The summed E-state index contributed by atoms with van der Waals surface area (Å²) in [5, 5.41) is 6.15. The number of nitrogens with zero attached hydrogens (tertiary/aromatic N) is 2. The molecule has 0 radical (unpaired) electrons. The number of esters is 1. The van der Waals surface area contributed by atoms with E-state index >= 15 is 0 Å². The lowest BCUT2D eigenvalue weighted by Gasteiger charge is -2.38. The minimum Gasteiger partial charge on any atom is -0.488 e. The Balaban J connectivity index is 1.32. The first kappa shape index (κ1) is 29.5. The third kappa shape index (κ3) is 6.90. The number of benzene rings is 2. The molecule has 0 amide bonds. The third-order valence-electron chi connectivity index (χ3n) is 7.50. The molecule has 1 saturated heterocycles. The predicted octanol–water partition coefficient (Wildman–Crippen LogP) is 6.06. The fourth-order valence-electron chi connectivity index (χ4n) is 5.55. The minimum atomic E-state index is -0.533. The van der Waals surface area contributed by atoms with Crippen molar-refractivity contribution in [2.24, 2.45) is 5.92 Å². The van der Waals surface area contributed by atoms with Gasteiger partial charge in [-0.2, -0.15) is 0 Å². The quantitative estimate of drug-likeness (QED) is 0.325. The second-order valence-corrected chi connectivity index (χ2v) is 12.6. The number of halogens is 1. The van der Waals surface area contributed by atoms with Crippen molar-refractivity contribution in [3.05, 3.63) is 63.8 Å². The highest BCUT2D eigenvalue weighted by atomic mass is 32.1. The van der Waals surface area contributed by atoms with Gasteiger partial charge in [-0.25, -0.2) is 9.37 Å². The van der Waals surface area contributed by atoms with Crippen molar-refractivity contribution in [1.82, 2.24) is 10.3 Å². The van der Waals surface area contributed by atoms with Gasteiger partial charge in [0.2, 0.25) is 0 Å². The number of anilines is 1. The Bertz CT molecular complexity index is 1390. The number of thiazole rings is 1. The van der Waals surface area contributed by atoms with E-state index in [0.717, 1.165) is 57.4 Å². The fourth-order valence-corrected chi connectivity index (χ4v) is 6.41. The van der Waals surface area contributed by atoms with Crippen LogP contribution in [0.3, 0.4) is 0 Å². The summed E-state index contributed by atoms with van der Waals surface area (Å²) in [4.78, 5) is 20.1. The number of nitrogens with one attached hydrogen (secondary N) is 1. The van der Waals surface area contributed by atoms with Crippen LogP contribution < -0.4 is 15.0 Å². The first-order chi connectivity index (χ1) is 19.6. The number of hydrogen-bond acceptors (Lipinski definition) is 8. The zero-order valence-electron chi connectivity index (χ0n) is 24.6. The zero-order valence-corrected chi connectivity index (χ0v) is 25.4. The molecular formula is C32H40FN3O4S. The molecule has 2 aliphatic heterocycles. The molecule has 2 aliphatic rings. The number of aromatic nitrogens is 1. The molecule has 2 aromatic carbocycles. The molecule has 3 heterocycles. The van der Waals surface area contributed by atoms with E-state index in [-0.39, 0.29) is 30.4 Å². The van der Waals surface area contributed by atoms with Crippen LogP contribution in [0.2, 0.25) is 0 Å².